The van der Waals surface area contributed by atoms with Crippen molar-refractivity contribution in [3.63, 3.8) is 0 Å². The SMILES string of the molecule is F[B-](F)(F)F.c1ccc(-n2c[n+]3c(n2)CCC3)cc1. The van der Waals surface area contributed by atoms with Crippen LogP contribution < -0.4 is 4.57 Å². The van der Waals surface area contributed by atoms with Crippen molar-refractivity contribution in [2.75, 3.05) is 0 Å². The van der Waals surface area contributed by atoms with Gasteiger partial charge in [0, 0.05) is 11.5 Å². The predicted octanol–water partition coefficient (Wildman–Crippen LogP) is 2.41. The van der Waals surface area contributed by atoms with E-state index in [0.29, 0.717) is 0 Å². The van der Waals surface area contributed by atoms with Gasteiger partial charge in [-0.15, -0.1) is 0 Å². The lowest BCUT2D eigenvalue weighted by Crippen LogP contribution is -2.29. The number of halogens is 4. The number of hydrogen-bond acceptors (Lipinski definition) is 1. The Morgan fingerprint density at radius 1 is 1.11 bits per heavy atom. The summed E-state index contributed by atoms with van der Waals surface area (Å²) in [4.78, 5) is 0. The predicted molar refractivity (Wildman–Crippen MR) is 62.3 cm³/mol. The van der Waals surface area contributed by atoms with E-state index >= 15 is 0 Å². The molecule has 0 atom stereocenters. The summed E-state index contributed by atoms with van der Waals surface area (Å²) in [6.07, 6.45) is 4.43. The summed E-state index contributed by atoms with van der Waals surface area (Å²) in [6, 6.07) is 10.2. The first-order chi connectivity index (χ1) is 8.93. The molecule has 1 aliphatic rings. The van der Waals surface area contributed by atoms with E-state index in [2.05, 4.69) is 28.1 Å². The van der Waals surface area contributed by atoms with E-state index in [-0.39, 0.29) is 0 Å². The van der Waals surface area contributed by atoms with Crippen LogP contribution in [0.3, 0.4) is 0 Å². The quantitative estimate of drug-likeness (QED) is 0.444. The highest BCUT2D eigenvalue weighted by atomic mass is 19.5. The molecule has 0 spiro atoms. The van der Waals surface area contributed by atoms with Crippen LogP contribution >= 0.6 is 0 Å². The van der Waals surface area contributed by atoms with Crippen LogP contribution in [0.15, 0.2) is 36.7 Å². The lowest BCUT2D eigenvalue weighted by atomic mass is 10.3. The standard InChI is InChI=1S/C11H12N3.BF4/c1-2-5-10(6-3-1)14-9-13-8-4-7-11(13)12-14;2-1(3,4)5/h1-3,5-6,9H,4,7-8H2;/q+1;-1. The van der Waals surface area contributed by atoms with Gasteiger partial charge in [0.25, 0.3) is 5.82 Å². The summed E-state index contributed by atoms with van der Waals surface area (Å²) >= 11 is 0. The number of benzene rings is 1. The Bertz CT molecular complexity index is 511. The second kappa shape index (κ2) is 5.42. The van der Waals surface area contributed by atoms with Gasteiger partial charge in [-0.25, -0.2) is 4.57 Å². The monoisotopic (exact) mass is 273 g/mol. The van der Waals surface area contributed by atoms with E-state index in [9.17, 15) is 17.3 Å². The Hall–Kier alpha value is -1.86. The number of nitrogens with zero attached hydrogens (tertiary/aromatic N) is 3. The minimum Gasteiger partial charge on any atom is -0.418 e. The van der Waals surface area contributed by atoms with Gasteiger partial charge in [0.15, 0.2) is 0 Å². The van der Waals surface area contributed by atoms with E-state index in [1.165, 1.54) is 12.2 Å². The minimum absolute atomic E-state index is 1.11. The van der Waals surface area contributed by atoms with Crippen molar-refractivity contribution in [2.45, 2.75) is 19.4 Å². The molecule has 8 heteroatoms. The zero-order valence-electron chi connectivity index (χ0n) is 10.0. The number of aryl methyl sites for hydroxylation is 2. The summed E-state index contributed by atoms with van der Waals surface area (Å²) in [5, 5.41) is 4.54. The third kappa shape index (κ3) is 4.08. The summed E-state index contributed by atoms with van der Waals surface area (Å²) < 4.78 is 43.2. The Kier molecular flexibility index (Phi) is 3.87. The van der Waals surface area contributed by atoms with Crippen molar-refractivity contribution in [3.8, 4) is 5.69 Å². The van der Waals surface area contributed by atoms with Crippen molar-refractivity contribution in [1.29, 1.82) is 0 Å². The van der Waals surface area contributed by atoms with Gasteiger partial charge in [0.2, 0.25) is 6.33 Å². The average Bonchev–Trinajstić information content (AvgIpc) is 2.87. The van der Waals surface area contributed by atoms with Crippen LogP contribution in [0.1, 0.15) is 12.2 Å². The number of hydrogen-bond donors (Lipinski definition) is 0. The molecule has 1 aromatic carbocycles. The molecule has 0 N–H and O–H groups in total. The molecular formula is C11H12BF4N3. The lowest BCUT2D eigenvalue weighted by Gasteiger charge is -1.94. The van der Waals surface area contributed by atoms with E-state index in [4.69, 9.17) is 0 Å². The zero-order chi connectivity index (χ0) is 13.9. The Morgan fingerprint density at radius 2 is 1.74 bits per heavy atom. The highest BCUT2D eigenvalue weighted by Crippen LogP contribution is 2.08. The maximum absolute atomic E-state index is 9.75. The highest BCUT2D eigenvalue weighted by molar-refractivity contribution is 6.50. The van der Waals surface area contributed by atoms with Crippen LogP contribution in [0, 0.1) is 0 Å². The van der Waals surface area contributed by atoms with Gasteiger partial charge >= 0.3 is 7.25 Å². The molecule has 0 aliphatic carbocycles. The number of rotatable bonds is 1. The fourth-order valence-electron chi connectivity index (χ4n) is 1.90. The van der Waals surface area contributed by atoms with Crippen LogP contribution in [0.25, 0.3) is 5.69 Å². The van der Waals surface area contributed by atoms with Gasteiger partial charge in [-0.05, 0) is 18.6 Å². The lowest BCUT2D eigenvalue weighted by molar-refractivity contribution is -0.691. The largest absolute Gasteiger partial charge is 0.673 e. The molecule has 2 aromatic rings. The Balaban J connectivity index is 0.000000232. The average molecular weight is 273 g/mol. The van der Waals surface area contributed by atoms with Crippen molar-refractivity contribution >= 4 is 7.25 Å². The van der Waals surface area contributed by atoms with Gasteiger partial charge in [-0.3, -0.25) is 0 Å². The second-order valence-electron chi connectivity index (χ2n) is 4.10. The summed E-state index contributed by atoms with van der Waals surface area (Å²) in [5.74, 6) is 1.20. The van der Waals surface area contributed by atoms with Crippen molar-refractivity contribution in [1.82, 2.24) is 9.78 Å². The second-order valence-corrected chi connectivity index (χ2v) is 4.10. The van der Waals surface area contributed by atoms with Crippen LogP contribution in [0.5, 0.6) is 0 Å². The van der Waals surface area contributed by atoms with Gasteiger partial charge in [0.1, 0.15) is 5.69 Å². The number of fused-ring (bicyclic) bond motifs is 1. The molecular weight excluding hydrogens is 261 g/mol. The minimum atomic E-state index is -6.00. The molecule has 3 nitrogen and oxygen atoms in total. The first-order valence-corrected chi connectivity index (χ1v) is 5.84. The third-order valence-corrected chi connectivity index (χ3v) is 2.62. The van der Waals surface area contributed by atoms with Crippen LogP contribution in [-0.2, 0) is 13.0 Å². The first kappa shape index (κ1) is 13.6. The normalized spacial score (nSPS) is 13.7. The summed E-state index contributed by atoms with van der Waals surface area (Å²) in [7, 11) is -6.00. The fourth-order valence-corrected chi connectivity index (χ4v) is 1.90. The molecule has 1 aromatic heterocycles. The van der Waals surface area contributed by atoms with E-state index in [1.54, 1.807) is 0 Å². The summed E-state index contributed by atoms with van der Waals surface area (Å²) in [5.41, 5.74) is 1.13. The van der Waals surface area contributed by atoms with Gasteiger partial charge in [0.05, 0.1) is 6.54 Å². The van der Waals surface area contributed by atoms with Crippen LogP contribution in [0.2, 0.25) is 0 Å². The van der Waals surface area contributed by atoms with E-state index < -0.39 is 7.25 Å². The molecule has 3 rings (SSSR count). The number of aromatic nitrogens is 3. The van der Waals surface area contributed by atoms with Crippen molar-refractivity contribution in [2.24, 2.45) is 0 Å². The molecule has 0 unspecified atom stereocenters. The number of para-hydroxylation sites is 1. The maximum atomic E-state index is 9.75. The topological polar surface area (TPSA) is 21.7 Å². The first-order valence-electron chi connectivity index (χ1n) is 5.84. The van der Waals surface area contributed by atoms with Gasteiger partial charge in [-0.1, -0.05) is 22.9 Å². The molecule has 0 saturated carbocycles. The van der Waals surface area contributed by atoms with E-state index in [1.807, 2.05) is 22.9 Å². The van der Waals surface area contributed by atoms with Gasteiger partial charge < -0.3 is 17.3 Å². The molecule has 1 aliphatic heterocycles. The van der Waals surface area contributed by atoms with Crippen LogP contribution in [0.4, 0.5) is 17.3 Å². The van der Waals surface area contributed by atoms with Crippen molar-refractivity contribution < 1.29 is 21.8 Å². The van der Waals surface area contributed by atoms with Crippen LogP contribution in [-0.4, -0.2) is 17.0 Å². The molecule has 0 radical (unpaired) electrons. The third-order valence-electron chi connectivity index (χ3n) is 2.62. The molecule has 0 bridgehead atoms. The molecule has 2 heterocycles. The zero-order valence-corrected chi connectivity index (χ0v) is 10.0. The highest BCUT2D eigenvalue weighted by Gasteiger charge is 2.22. The Labute approximate surface area is 107 Å². The molecule has 102 valence electrons. The smallest absolute Gasteiger partial charge is 0.418 e. The van der Waals surface area contributed by atoms with Crippen molar-refractivity contribution in [3.05, 3.63) is 42.5 Å². The maximum Gasteiger partial charge on any atom is 0.673 e. The molecule has 0 amide bonds. The van der Waals surface area contributed by atoms with E-state index in [0.717, 1.165) is 18.7 Å². The molecule has 0 fully saturated rings. The Morgan fingerprint density at radius 3 is 2.32 bits per heavy atom. The van der Waals surface area contributed by atoms with Gasteiger partial charge in [-0.2, -0.15) is 0 Å². The fraction of sp³-hybridized carbons (Fsp3) is 0.273. The molecule has 19 heavy (non-hydrogen) atoms. The molecule has 0 saturated heterocycles. The summed E-state index contributed by atoms with van der Waals surface area (Å²) in [6.45, 7) is 1.11.